The van der Waals surface area contributed by atoms with Crippen molar-refractivity contribution >= 4 is 21.8 Å². The number of carbonyl (C=O) groups excluding carboxylic acids is 2. The first-order valence-electron chi connectivity index (χ1n) is 8.92. The molecule has 1 unspecified atom stereocenters. The Bertz CT molecular complexity index is 879. The number of hydrogen-bond donors (Lipinski definition) is 2. The Morgan fingerprint density at radius 1 is 1.21 bits per heavy atom. The highest BCUT2D eigenvalue weighted by Crippen LogP contribution is 2.24. The van der Waals surface area contributed by atoms with Gasteiger partial charge >= 0.3 is 6.18 Å². The number of likely N-dealkylation sites (tertiary alicyclic amines) is 1. The van der Waals surface area contributed by atoms with E-state index in [4.69, 9.17) is 0 Å². The minimum atomic E-state index is -4.53. The van der Waals surface area contributed by atoms with Gasteiger partial charge in [0, 0.05) is 25.0 Å². The van der Waals surface area contributed by atoms with Crippen molar-refractivity contribution in [2.75, 3.05) is 13.1 Å². The summed E-state index contributed by atoms with van der Waals surface area (Å²) in [5.41, 5.74) is -0.379. The van der Waals surface area contributed by atoms with Crippen molar-refractivity contribution in [2.45, 2.75) is 50.3 Å². The summed E-state index contributed by atoms with van der Waals surface area (Å²) in [5.74, 6) is -2.25. The van der Waals surface area contributed by atoms with Gasteiger partial charge < -0.3 is 10.2 Å². The third kappa shape index (κ3) is 6.70. The maximum atomic E-state index is 12.6. The van der Waals surface area contributed by atoms with Gasteiger partial charge in [0.2, 0.25) is 21.8 Å². The predicted octanol–water partition coefficient (Wildman–Crippen LogP) is 1.79. The first-order valence-corrected chi connectivity index (χ1v) is 10.4. The molecule has 0 aromatic heterocycles. The van der Waals surface area contributed by atoms with Crippen molar-refractivity contribution in [1.82, 2.24) is 14.9 Å². The number of hydrogen-bond acceptors (Lipinski definition) is 4. The number of sulfonamides is 1. The molecule has 2 rings (SSSR count). The molecule has 0 aliphatic carbocycles. The first-order chi connectivity index (χ1) is 13.2. The van der Waals surface area contributed by atoms with E-state index < -0.39 is 46.0 Å². The molecule has 1 saturated heterocycles. The van der Waals surface area contributed by atoms with E-state index in [0.29, 0.717) is 10.5 Å². The summed E-state index contributed by atoms with van der Waals surface area (Å²) < 4.78 is 65.2. The quantitative estimate of drug-likeness (QED) is 0.712. The fourth-order valence-corrected chi connectivity index (χ4v) is 4.67. The van der Waals surface area contributed by atoms with Crippen LogP contribution in [0.25, 0.3) is 0 Å². The van der Waals surface area contributed by atoms with E-state index in [2.05, 4.69) is 10.0 Å². The summed E-state index contributed by atoms with van der Waals surface area (Å²) in [4.78, 5) is 24.7. The lowest BCUT2D eigenvalue weighted by atomic mass is 10.1. The molecule has 0 saturated carbocycles. The number of alkyl halides is 3. The molecule has 11 heteroatoms. The number of benzene rings is 1. The molecular weight excluding hydrogens is 411 g/mol. The predicted molar refractivity (Wildman–Crippen MR) is 99.1 cm³/mol. The van der Waals surface area contributed by atoms with E-state index in [1.807, 2.05) is 0 Å². The zero-order valence-corrected chi connectivity index (χ0v) is 17.2. The molecule has 1 aromatic carbocycles. The minimum Gasteiger partial charge on any atom is -0.352 e. The van der Waals surface area contributed by atoms with Crippen LogP contribution in [0.3, 0.4) is 0 Å². The number of nitrogens with zero attached hydrogens (tertiary/aromatic N) is 1. The van der Waals surface area contributed by atoms with Gasteiger partial charge in [-0.25, -0.2) is 13.1 Å². The minimum absolute atomic E-state index is 0.00331. The topological polar surface area (TPSA) is 95.6 Å². The Morgan fingerprint density at radius 3 is 2.41 bits per heavy atom. The molecule has 0 spiro atoms. The summed E-state index contributed by atoms with van der Waals surface area (Å²) in [6.45, 7) is 3.23. The SMILES string of the molecule is CC(C)(C)NS(=O)(=O)c1ccccc1CNC(=O)C1CC(=O)N(CC(F)(F)F)C1. The fourth-order valence-electron chi connectivity index (χ4n) is 3.01. The molecule has 2 N–H and O–H groups in total. The molecule has 1 atom stereocenters. The molecule has 162 valence electrons. The molecule has 1 fully saturated rings. The van der Waals surface area contributed by atoms with Crippen molar-refractivity contribution in [3.05, 3.63) is 29.8 Å². The van der Waals surface area contributed by atoms with Crippen LogP contribution in [0.1, 0.15) is 32.8 Å². The molecule has 0 bridgehead atoms. The van der Waals surface area contributed by atoms with Gasteiger partial charge in [-0.2, -0.15) is 13.2 Å². The normalized spacial score (nSPS) is 18.2. The maximum absolute atomic E-state index is 12.6. The average Bonchev–Trinajstić information content (AvgIpc) is 2.89. The second kappa shape index (κ2) is 8.31. The molecule has 0 radical (unpaired) electrons. The van der Waals surface area contributed by atoms with Gasteiger partial charge in [0.05, 0.1) is 10.8 Å². The van der Waals surface area contributed by atoms with Crippen LogP contribution in [0.5, 0.6) is 0 Å². The Hall–Kier alpha value is -2.14. The summed E-state index contributed by atoms with van der Waals surface area (Å²) in [5, 5.41) is 2.53. The number of halogens is 3. The van der Waals surface area contributed by atoms with Gasteiger partial charge in [-0.3, -0.25) is 9.59 Å². The van der Waals surface area contributed by atoms with Crippen LogP contribution in [0.4, 0.5) is 13.2 Å². The van der Waals surface area contributed by atoms with Gasteiger partial charge in [0.25, 0.3) is 0 Å². The monoisotopic (exact) mass is 435 g/mol. The highest BCUT2D eigenvalue weighted by atomic mass is 32.2. The van der Waals surface area contributed by atoms with E-state index in [1.54, 1.807) is 32.9 Å². The Balaban J connectivity index is 2.06. The van der Waals surface area contributed by atoms with Crippen LogP contribution in [0.15, 0.2) is 29.2 Å². The van der Waals surface area contributed by atoms with Crippen molar-refractivity contribution in [2.24, 2.45) is 5.92 Å². The van der Waals surface area contributed by atoms with E-state index >= 15 is 0 Å². The molecule has 7 nitrogen and oxygen atoms in total. The van der Waals surface area contributed by atoms with Crippen LogP contribution in [-0.4, -0.2) is 49.9 Å². The highest BCUT2D eigenvalue weighted by Gasteiger charge is 2.40. The van der Waals surface area contributed by atoms with Crippen molar-refractivity contribution in [3.63, 3.8) is 0 Å². The zero-order valence-electron chi connectivity index (χ0n) is 16.3. The molecule has 1 heterocycles. The van der Waals surface area contributed by atoms with E-state index in [9.17, 15) is 31.2 Å². The average molecular weight is 435 g/mol. The van der Waals surface area contributed by atoms with Crippen molar-refractivity contribution in [1.29, 1.82) is 0 Å². The molecule has 1 aromatic rings. The van der Waals surface area contributed by atoms with Crippen LogP contribution < -0.4 is 10.0 Å². The lowest BCUT2D eigenvalue weighted by Gasteiger charge is -2.22. The molecule has 2 amide bonds. The third-order valence-corrected chi connectivity index (χ3v) is 5.97. The lowest BCUT2D eigenvalue weighted by Crippen LogP contribution is -2.41. The second-order valence-corrected chi connectivity index (χ2v) is 9.62. The summed E-state index contributed by atoms with van der Waals surface area (Å²) in [7, 11) is -3.84. The zero-order chi connectivity index (χ0) is 22.0. The standard InChI is InChI=1S/C18H24F3N3O4S/c1-17(2,3)23-29(27,28)14-7-5-4-6-12(14)9-22-16(26)13-8-15(25)24(10-13)11-18(19,20)21/h4-7,13,23H,8-11H2,1-3H3,(H,22,26). The fraction of sp³-hybridized carbons (Fsp3) is 0.556. The number of carbonyl (C=O) groups is 2. The van der Waals surface area contributed by atoms with Gasteiger partial charge in [0.15, 0.2) is 0 Å². The largest absolute Gasteiger partial charge is 0.406 e. The summed E-state index contributed by atoms with van der Waals surface area (Å²) in [6.07, 6.45) is -4.85. The number of amides is 2. The van der Waals surface area contributed by atoms with Crippen LogP contribution in [0, 0.1) is 5.92 Å². The van der Waals surface area contributed by atoms with Crippen molar-refractivity contribution < 1.29 is 31.2 Å². The van der Waals surface area contributed by atoms with Gasteiger partial charge in [-0.05, 0) is 32.4 Å². The third-order valence-electron chi connectivity index (χ3n) is 4.11. The smallest absolute Gasteiger partial charge is 0.352 e. The van der Waals surface area contributed by atoms with Gasteiger partial charge in [0.1, 0.15) is 6.54 Å². The maximum Gasteiger partial charge on any atom is 0.406 e. The lowest BCUT2D eigenvalue weighted by molar-refractivity contribution is -0.157. The summed E-state index contributed by atoms with van der Waals surface area (Å²) in [6, 6.07) is 6.10. The second-order valence-electron chi connectivity index (χ2n) is 7.97. The van der Waals surface area contributed by atoms with Crippen molar-refractivity contribution in [3.8, 4) is 0 Å². The van der Waals surface area contributed by atoms with E-state index in [-0.39, 0.29) is 24.4 Å². The Labute approximate surface area is 167 Å². The Morgan fingerprint density at radius 2 is 1.83 bits per heavy atom. The summed E-state index contributed by atoms with van der Waals surface area (Å²) >= 11 is 0. The van der Waals surface area contributed by atoms with Crippen LogP contribution in [0.2, 0.25) is 0 Å². The van der Waals surface area contributed by atoms with Gasteiger partial charge in [-0.1, -0.05) is 18.2 Å². The molecule has 1 aliphatic rings. The Kier molecular flexibility index (Phi) is 6.63. The molecule has 1 aliphatic heterocycles. The molecule has 29 heavy (non-hydrogen) atoms. The number of nitrogens with one attached hydrogen (secondary N) is 2. The van der Waals surface area contributed by atoms with Crippen LogP contribution in [-0.2, 0) is 26.2 Å². The first kappa shape index (κ1) is 23.1. The van der Waals surface area contributed by atoms with E-state index in [1.165, 1.54) is 12.1 Å². The molecular formula is C18H24F3N3O4S. The van der Waals surface area contributed by atoms with Crippen LogP contribution >= 0.6 is 0 Å². The number of rotatable bonds is 6. The van der Waals surface area contributed by atoms with E-state index in [0.717, 1.165) is 0 Å². The highest BCUT2D eigenvalue weighted by molar-refractivity contribution is 7.89. The van der Waals surface area contributed by atoms with Gasteiger partial charge in [-0.15, -0.1) is 0 Å².